The zero-order valence-corrected chi connectivity index (χ0v) is 10.7. The molecular weight excluding hydrogens is 262 g/mol. The van der Waals surface area contributed by atoms with Crippen molar-refractivity contribution in [1.29, 1.82) is 0 Å². The first-order chi connectivity index (χ1) is 9.83. The third-order valence-corrected chi connectivity index (χ3v) is 2.92. The predicted octanol–water partition coefficient (Wildman–Crippen LogP) is 1.57. The molecule has 0 saturated carbocycles. The van der Waals surface area contributed by atoms with Crippen molar-refractivity contribution >= 4 is 6.09 Å². The predicted molar refractivity (Wildman–Crippen MR) is 68.2 cm³/mol. The highest BCUT2D eigenvalue weighted by Gasteiger charge is 2.19. The van der Waals surface area contributed by atoms with Gasteiger partial charge in [0, 0.05) is 18.7 Å². The zero-order chi connectivity index (χ0) is 13.8. The van der Waals surface area contributed by atoms with Gasteiger partial charge in [0.05, 0.1) is 13.2 Å². The zero-order valence-electron chi connectivity index (χ0n) is 10.7. The van der Waals surface area contributed by atoms with E-state index in [0.29, 0.717) is 43.5 Å². The fraction of sp³-hybridized carbons (Fsp3) is 0.308. The Labute approximate surface area is 115 Å². The maximum atomic E-state index is 12.0. The van der Waals surface area contributed by atoms with Gasteiger partial charge in [0.25, 0.3) is 0 Å². The van der Waals surface area contributed by atoms with Crippen LogP contribution in [0.25, 0.3) is 11.5 Å². The van der Waals surface area contributed by atoms with E-state index in [1.54, 1.807) is 29.2 Å². The Hall–Kier alpha value is -2.41. The van der Waals surface area contributed by atoms with Crippen LogP contribution in [-0.2, 0) is 4.74 Å². The first-order valence-corrected chi connectivity index (χ1v) is 6.24. The number of benzene rings is 1. The first kappa shape index (κ1) is 12.6. The molecule has 7 nitrogen and oxygen atoms in total. The Balaban J connectivity index is 1.71. The molecule has 1 aliphatic rings. The van der Waals surface area contributed by atoms with Gasteiger partial charge in [0.15, 0.2) is 0 Å². The number of morpholine rings is 1. The number of hydrogen-bond donors (Lipinski definition) is 0. The summed E-state index contributed by atoms with van der Waals surface area (Å²) in [6, 6.07) is 6.96. The van der Waals surface area contributed by atoms with E-state index in [1.807, 2.05) is 0 Å². The lowest BCUT2D eigenvalue weighted by Gasteiger charge is -2.25. The quantitative estimate of drug-likeness (QED) is 0.827. The van der Waals surface area contributed by atoms with Crippen molar-refractivity contribution in [3.8, 4) is 17.2 Å². The van der Waals surface area contributed by atoms with Crippen molar-refractivity contribution in [2.75, 3.05) is 26.3 Å². The Kier molecular flexibility index (Phi) is 3.60. The van der Waals surface area contributed by atoms with Crippen molar-refractivity contribution in [2.24, 2.45) is 0 Å². The number of aromatic nitrogens is 2. The minimum Gasteiger partial charge on any atom is -0.423 e. The molecule has 1 aliphatic heterocycles. The van der Waals surface area contributed by atoms with Gasteiger partial charge in [-0.2, -0.15) is 0 Å². The molecule has 2 heterocycles. The summed E-state index contributed by atoms with van der Waals surface area (Å²) in [7, 11) is 0. The van der Waals surface area contributed by atoms with Crippen molar-refractivity contribution in [3.63, 3.8) is 0 Å². The number of nitrogens with zero attached hydrogens (tertiary/aromatic N) is 3. The van der Waals surface area contributed by atoms with Crippen LogP contribution in [0.4, 0.5) is 4.79 Å². The van der Waals surface area contributed by atoms with Crippen molar-refractivity contribution < 1.29 is 18.7 Å². The lowest BCUT2D eigenvalue weighted by atomic mass is 10.2. The Morgan fingerprint density at radius 1 is 1.30 bits per heavy atom. The molecule has 1 aromatic carbocycles. The molecule has 0 aliphatic carbocycles. The standard InChI is InChI=1S/C13H13N3O4/c17-13(16-4-6-18-7-5-16)20-11-3-1-2-10(8-11)12-15-14-9-19-12/h1-3,8-9H,4-7H2. The van der Waals surface area contributed by atoms with Gasteiger partial charge in [-0.15, -0.1) is 10.2 Å². The van der Waals surface area contributed by atoms with Crippen LogP contribution < -0.4 is 4.74 Å². The molecule has 3 rings (SSSR count). The summed E-state index contributed by atoms with van der Waals surface area (Å²) in [5, 5.41) is 7.43. The van der Waals surface area contributed by atoms with E-state index in [2.05, 4.69) is 10.2 Å². The second-order valence-corrected chi connectivity index (χ2v) is 4.24. The van der Waals surface area contributed by atoms with E-state index in [9.17, 15) is 4.79 Å². The van der Waals surface area contributed by atoms with Crippen LogP contribution >= 0.6 is 0 Å². The van der Waals surface area contributed by atoms with Gasteiger partial charge in [-0.05, 0) is 18.2 Å². The van der Waals surface area contributed by atoms with E-state index in [-0.39, 0.29) is 6.09 Å². The molecule has 0 N–H and O–H groups in total. The summed E-state index contributed by atoms with van der Waals surface area (Å²) in [6.07, 6.45) is 0.873. The van der Waals surface area contributed by atoms with Gasteiger partial charge >= 0.3 is 6.09 Å². The van der Waals surface area contributed by atoms with Crippen molar-refractivity contribution in [2.45, 2.75) is 0 Å². The average molecular weight is 275 g/mol. The van der Waals surface area contributed by atoms with Crippen LogP contribution in [-0.4, -0.2) is 47.5 Å². The van der Waals surface area contributed by atoms with E-state index >= 15 is 0 Å². The van der Waals surface area contributed by atoms with Crippen LogP contribution in [0, 0.1) is 0 Å². The minimum atomic E-state index is -0.379. The summed E-state index contributed by atoms with van der Waals surface area (Å²) >= 11 is 0. The summed E-state index contributed by atoms with van der Waals surface area (Å²) < 4.78 is 15.6. The van der Waals surface area contributed by atoms with Crippen molar-refractivity contribution in [3.05, 3.63) is 30.7 Å². The number of ether oxygens (including phenoxy) is 2. The molecule has 1 saturated heterocycles. The van der Waals surface area contributed by atoms with Gasteiger partial charge in [0.1, 0.15) is 5.75 Å². The van der Waals surface area contributed by atoms with Crippen LogP contribution in [0.15, 0.2) is 35.1 Å². The van der Waals surface area contributed by atoms with Crippen LogP contribution in [0.2, 0.25) is 0 Å². The number of carbonyl (C=O) groups is 1. The van der Waals surface area contributed by atoms with Gasteiger partial charge in [-0.3, -0.25) is 0 Å². The first-order valence-electron chi connectivity index (χ1n) is 6.24. The molecule has 0 radical (unpaired) electrons. The molecule has 0 unspecified atom stereocenters. The molecule has 104 valence electrons. The van der Waals surface area contributed by atoms with Crippen LogP contribution in [0.5, 0.6) is 5.75 Å². The Morgan fingerprint density at radius 3 is 2.90 bits per heavy atom. The fourth-order valence-electron chi connectivity index (χ4n) is 1.90. The summed E-state index contributed by atoms with van der Waals surface area (Å²) in [4.78, 5) is 13.6. The Morgan fingerprint density at radius 2 is 2.15 bits per heavy atom. The molecule has 1 aromatic heterocycles. The molecular formula is C13H13N3O4. The average Bonchev–Trinajstić information content (AvgIpc) is 3.03. The molecule has 7 heteroatoms. The van der Waals surface area contributed by atoms with Gasteiger partial charge < -0.3 is 18.8 Å². The summed E-state index contributed by atoms with van der Waals surface area (Å²) in [5.41, 5.74) is 0.703. The van der Waals surface area contributed by atoms with E-state index in [0.717, 1.165) is 0 Å². The molecule has 2 aromatic rings. The second-order valence-electron chi connectivity index (χ2n) is 4.24. The molecule has 1 fully saturated rings. The van der Waals surface area contributed by atoms with Gasteiger partial charge in [-0.1, -0.05) is 6.07 Å². The Bertz CT molecular complexity index is 579. The molecule has 20 heavy (non-hydrogen) atoms. The molecule has 0 bridgehead atoms. The SMILES string of the molecule is O=C(Oc1cccc(-c2nnco2)c1)N1CCOCC1. The molecule has 1 amide bonds. The topological polar surface area (TPSA) is 77.7 Å². The molecule has 0 spiro atoms. The lowest BCUT2D eigenvalue weighted by Crippen LogP contribution is -2.42. The highest BCUT2D eigenvalue weighted by atomic mass is 16.6. The second kappa shape index (κ2) is 5.70. The normalized spacial score (nSPS) is 15.1. The minimum absolute atomic E-state index is 0.379. The summed E-state index contributed by atoms with van der Waals surface area (Å²) in [6.45, 7) is 2.17. The molecule has 0 atom stereocenters. The monoisotopic (exact) mass is 275 g/mol. The van der Waals surface area contributed by atoms with Gasteiger partial charge in [0.2, 0.25) is 12.3 Å². The summed E-state index contributed by atoms with van der Waals surface area (Å²) in [5.74, 6) is 0.825. The number of rotatable bonds is 2. The fourth-order valence-corrected chi connectivity index (χ4v) is 1.90. The maximum Gasteiger partial charge on any atom is 0.415 e. The third kappa shape index (κ3) is 2.77. The van der Waals surface area contributed by atoms with E-state index < -0.39 is 0 Å². The van der Waals surface area contributed by atoms with E-state index in [1.165, 1.54) is 6.39 Å². The van der Waals surface area contributed by atoms with E-state index in [4.69, 9.17) is 13.9 Å². The number of amides is 1. The van der Waals surface area contributed by atoms with Gasteiger partial charge in [-0.25, -0.2) is 4.79 Å². The highest BCUT2D eigenvalue weighted by molar-refractivity contribution is 5.71. The third-order valence-electron chi connectivity index (χ3n) is 2.92. The number of hydrogen-bond acceptors (Lipinski definition) is 6. The van der Waals surface area contributed by atoms with Crippen LogP contribution in [0.3, 0.4) is 0 Å². The lowest BCUT2D eigenvalue weighted by molar-refractivity contribution is 0.0416. The largest absolute Gasteiger partial charge is 0.423 e. The maximum absolute atomic E-state index is 12.0. The van der Waals surface area contributed by atoms with Crippen LogP contribution in [0.1, 0.15) is 0 Å². The van der Waals surface area contributed by atoms with Crippen molar-refractivity contribution in [1.82, 2.24) is 15.1 Å². The smallest absolute Gasteiger partial charge is 0.415 e. The number of carbonyl (C=O) groups excluding carboxylic acids is 1. The highest BCUT2D eigenvalue weighted by Crippen LogP contribution is 2.22.